The van der Waals surface area contributed by atoms with Crippen LogP contribution in [-0.4, -0.2) is 24.7 Å². The first-order valence-corrected chi connectivity index (χ1v) is 9.54. The molecule has 0 spiro atoms. The number of aliphatic hydroxyl groups excluding tert-OH is 1. The Balaban J connectivity index is 1.66. The van der Waals surface area contributed by atoms with Gasteiger partial charge in [0, 0.05) is 12.1 Å². The van der Waals surface area contributed by atoms with Crippen molar-refractivity contribution in [3.63, 3.8) is 0 Å². The van der Waals surface area contributed by atoms with E-state index in [2.05, 4.69) is 9.88 Å². The molecule has 1 aromatic carbocycles. The minimum absolute atomic E-state index is 0.0530. The molecule has 1 aliphatic carbocycles. The predicted molar refractivity (Wildman–Crippen MR) is 88.5 cm³/mol. The van der Waals surface area contributed by atoms with Gasteiger partial charge < -0.3 is 9.63 Å². The van der Waals surface area contributed by atoms with Crippen molar-refractivity contribution < 1.29 is 22.4 Å². The Morgan fingerprint density at radius 3 is 2.60 bits per heavy atom. The number of halogens is 1. The number of aromatic nitrogens is 1. The monoisotopic (exact) mass is 368 g/mol. The van der Waals surface area contributed by atoms with E-state index in [0.29, 0.717) is 18.6 Å². The maximum absolute atomic E-state index is 13.0. The summed E-state index contributed by atoms with van der Waals surface area (Å²) in [7, 11) is -3.69. The molecule has 0 radical (unpaired) electrons. The molecule has 25 heavy (non-hydrogen) atoms. The van der Waals surface area contributed by atoms with Crippen molar-refractivity contribution in [2.45, 2.75) is 44.2 Å². The minimum Gasteiger partial charge on any atom is -0.388 e. The SMILES string of the molecule is CC1(C)C(Cc2cc(CO)on2)CC1NS(=O)(=O)c1ccc(F)cc1. The van der Waals surface area contributed by atoms with Gasteiger partial charge in [-0.25, -0.2) is 17.5 Å². The molecule has 8 heteroatoms. The van der Waals surface area contributed by atoms with Gasteiger partial charge in [-0.2, -0.15) is 0 Å². The molecule has 0 amide bonds. The lowest BCUT2D eigenvalue weighted by atomic mass is 9.57. The summed E-state index contributed by atoms with van der Waals surface area (Å²) in [5, 5.41) is 12.9. The van der Waals surface area contributed by atoms with Crippen LogP contribution in [0.15, 0.2) is 39.8 Å². The van der Waals surface area contributed by atoms with Gasteiger partial charge in [-0.1, -0.05) is 19.0 Å². The summed E-state index contributed by atoms with van der Waals surface area (Å²) in [4.78, 5) is 0.0530. The topological polar surface area (TPSA) is 92.4 Å². The van der Waals surface area contributed by atoms with Gasteiger partial charge in [0.2, 0.25) is 10.0 Å². The molecule has 0 aliphatic heterocycles. The molecule has 2 unspecified atom stereocenters. The molecule has 1 aromatic heterocycles. The van der Waals surface area contributed by atoms with Gasteiger partial charge in [0.15, 0.2) is 5.76 Å². The molecule has 2 atom stereocenters. The maximum atomic E-state index is 13.0. The number of nitrogens with one attached hydrogen (secondary N) is 1. The van der Waals surface area contributed by atoms with Gasteiger partial charge >= 0.3 is 0 Å². The summed E-state index contributed by atoms with van der Waals surface area (Å²) >= 11 is 0. The summed E-state index contributed by atoms with van der Waals surface area (Å²) in [6.07, 6.45) is 1.33. The van der Waals surface area contributed by atoms with Gasteiger partial charge in [0.05, 0.1) is 10.6 Å². The third-order valence-corrected chi connectivity index (χ3v) is 6.60. The second-order valence-electron chi connectivity index (χ2n) is 7.03. The molecule has 3 rings (SSSR count). The Kier molecular flexibility index (Phi) is 4.70. The Hall–Kier alpha value is -1.77. The second kappa shape index (κ2) is 6.51. The molecular formula is C17H21FN2O4S. The van der Waals surface area contributed by atoms with Crippen molar-refractivity contribution in [1.82, 2.24) is 9.88 Å². The van der Waals surface area contributed by atoms with Crippen molar-refractivity contribution in [2.75, 3.05) is 0 Å². The Labute approximate surface area is 146 Å². The smallest absolute Gasteiger partial charge is 0.240 e. The van der Waals surface area contributed by atoms with Crippen LogP contribution in [0.25, 0.3) is 0 Å². The average Bonchev–Trinajstić information content (AvgIpc) is 3.02. The average molecular weight is 368 g/mol. The van der Waals surface area contributed by atoms with Crippen LogP contribution in [-0.2, 0) is 23.1 Å². The fraction of sp³-hybridized carbons (Fsp3) is 0.471. The van der Waals surface area contributed by atoms with Gasteiger partial charge in [-0.15, -0.1) is 0 Å². The third-order valence-electron chi connectivity index (χ3n) is 5.11. The van der Waals surface area contributed by atoms with E-state index in [9.17, 15) is 12.8 Å². The van der Waals surface area contributed by atoms with Crippen LogP contribution >= 0.6 is 0 Å². The Morgan fingerprint density at radius 1 is 1.36 bits per heavy atom. The molecule has 6 nitrogen and oxygen atoms in total. The first-order chi connectivity index (χ1) is 11.7. The molecule has 0 saturated heterocycles. The van der Waals surface area contributed by atoms with Crippen molar-refractivity contribution in [1.29, 1.82) is 0 Å². The van der Waals surface area contributed by atoms with Crippen LogP contribution in [0, 0.1) is 17.2 Å². The summed E-state index contributed by atoms with van der Waals surface area (Å²) in [6, 6.07) is 6.28. The van der Waals surface area contributed by atoms with E-state index in [1.807, 2.05) is 13.8 Å². The lowest BCUT2D eigenvalue weighted by molar-refractivity contribution is 0.0270. The van der Waals surface area contributed by atoms with Crippen molar-refractivity contribution in [3.05, 3.63) is 47.6 Å². The van der Waals surface area contributed by atoms with Gasteiger partial charge in [0.25, 0.3) is 0 Å². The highest BCUT2D eigenvalue weighted by Crippen LogP contribution is 2.48. The van der Waals surface area contributed by atoms with E-state index < -0.39 is 15.8 Å². The molecule has 0 bridgehead atoms. The summed E-state index contributed by atoms with van der Waals surface area (Å²) in [5.74, 6) is 0.184. The van der Waals surface area contributed by atoms with Crippen LogP contribution in [0.1, 0.15) is 31.7 Å². The number of hydrogen-bond donors (Lipinski definition) is 2. The highest BCUT2D eigenvalue weighted by Gasteiger charge is 2.49. The van der Waals surface area contributed by atoms with Crippen LogP contribution in [0.3, 0.4) is 0 Å². The highest BCUT2D eigenvalue weighted by atomic mass is 32.2. The lowest BCUT2D eigenvalue weighted by Crippen LogP contribution is -2.58. The van der Waals surface area contributed by atoms with Gasteiger partial charge in [-0.05, 0) is 48.4 Å². The quantitative estimate of drug-likeness (QED) is 0.816. The molecular weight excluding hydrogens is 347 g/mol. The van der Waals surface area contributed by atoms with Crippen LogP contribution in [0.5, 0.6) is 0 Å². The van der Waals surface area contributed by atoms with Gasteiger partial charge in [0.1, 0.15) is 12.4 Å². The van der Waals surface area contributed by atoms with Crippen LogP contribution in [0.4, 0.5) is 4.39 Å². The van der Waals surface area contributed by atoms with E-state index in [1.54, 1.807) is 6.07 Å². The van der Waals surface area contributed by atoms with Crippen LogP contribution in [0.2, 0.25) is 0 Å². The molecule has 2 aromatic rings. The number of sulfonamides is 1. The molecule has 136 valence electrons. The molecule has 2 N–H and O–H groups in total. The summed E-state index contributed by atoms with van der Waals surface area (Å²) in [6.45, 7) is 3.82. The minimum atomic E-state index is -3.69. The van der Waals surface area contributed by atoms with E-state index in [-0.39, 0.29) is 28.9 Å². The summed E-state index contributed by atoms with van der Waals surface area (Å²) in [5.41, 5.74) is 0.493. The Morgan fingerprint density at radius 2 is 2.04 bits per heavy atom. The number of hydrogen-bond acceptors (Lipinski definition) is 5. The van der Waals surface area contributed by atoms with Crippen LogP contribution < -0.4 is 4.72 Å². The Bertz CT molecular complexity index is 846. The normalized spacial score (nSPS) is 22.6. The summed E-state index contributed by atoms with van der Waals surface area (Å²) < 4.78 is 45.6. The molecule has 1 heterocycles. The molecule has 1 saturated carbocycles. The first kappa shape index (κ1) is 18.0. The fourth-order valence-electron chi connectivity index (χ4n) is 3.21. The van der Waals surface area contributed by atoms with E-state index >= 15 is 0 Å². The fourth-order valence-corrected chi connectivity index (χ4v) is 4.62. The number of rotatable bonds is 6. The maximum Gasteiger partial charge on any atom is 0.240 e. The van der Waals surface area contributed by atoms with Crippen molar-refractivity contribution >= 4 is 10.0 Å². The number of nitrogens with zero attached hydrogens (tertiary/aromatic N) is 1. The van der Waals surface area contributed by atoms with E-state index in [0.717, 1.165) is 17.8 Å². The van der Waals surface area contributed by atoms with Gasteiger partial charge in [-0.3, -0.25) is 0 Å². The van der Waals surface area contributed by atoms with E-state index in [4.69, 9.17) is 9.63 Å². The number of benzene rings is 1. The zero-order valence-electron chi connectivity index (χ0n) is 14.1. The highest BCUT2D eigenvalue weighted by molar-refractivity contribution is 7.89. The zero-order valence-corrected chi connectivity index (χ0v) is 14.9. The van der Waals surface area contributed by atoms with E-state index in [1.165, 1.54) is 12.1 Å². The first-order valence-electron chi connectivity index (χ1n) is 8.05. The van der Waals surface area contributed by atoms with Crippen molar-refractivity contribution in [2.24, 2.45) is 11.3 Å². The predicted octanol–water partition coefficient (Wildman–Crippen LogP) is 2.24. The third kappa shape index (κ3) is 3.61. The molecule has 1 fully saturated rings. The number of aliphatic hydroxyl groups is 1. The molecule has 1 aliphatic rings. The lowest BCUT2D eigenvalue weighted by Gasteiger charge is -2.52. The second-order valence-corrected chi connectivity index (χ2v) is 8.74. The standard InChI is InChI=1S/C17H21FN2O4S/c1-17(2)11(7-13-9-14(10-21)24-19-13)8-16(17)20-25(22,23)15-5-3-12(18)4-6-15/h3-6,9,11,16,20-21H,7-8,10H2,1-2H3. The largest absolute Gasteiger partial charge is 0.388 e. The zero-order chi connectivity index (χ0) is 18.2. The van der Waals surface area contributed by atoms with Crippen molar-refractivity contribution in [3.8, 4) is 0 Å².